The highest BCUT2D eigenvalue weighted by Gasteiger charge is 2.43. The minimum absolute atomic E-state index is 0.0394. The number of carbonyl (C=O) groups is 1. The fraction of sp³-hybridized carbons (Fsp3) is 0.222. The number of fused-ring (bicyclic) bond motifs is 2. The van der Waals surface area contributed by atoms with Gasteiger partial charge in [-0.15, -0.1) is 0 Å². The molecular formula is C27H26N2O2. The molecule has 0 fully saturated rings. The molecular weight excluding hydrogens is 384 g/mol. The van der Waals surface area contributed by atoms with Crippen LogP contribution in [0.4, 0.5) is 11.4 Å². The zero-order valence-electron chi connectivity index (χ0n) is 18.3. The summed E-state index contributed by atoms with van der Waals surface area (Å²) in [5, 5.41) is 10.8. The summed E-state index contributed by atoms with van der Waals surface area (Å²) < 4.78 is 0. The third-order valence-corrected chi connectivity index (χ3v) is 6.76. The summed E-state index contributed by atoms with van der Waals surface area (Å²) in [6.07, 6.45) is 7.69. The number of aliphatic hydroxyl groups is 1. The molecule has 3 aliphatic rings. The van der Waals surface area contributed by atoms with Gasteiger partial charge in [-0.05, 0) is 41.5 Å². The molecule has 156 valence electrons. The van der Waals surface area contributed by atoms with Gasteiger partial charge >= 0.3 is 0 Å². The van der Waals surface area contributed by atoms with Gasteiger partial charge in [-0.25, -0.2) is 0 Å². The van der Waals surface area contributed by atoms with Crippen molar-refractivity contribution in [2.24, 2.45) is 5.92 Å². The van der Waals surface area contributed by atoms with Crippen molar-refractivity contribution in [2.45, 2.75) is 19.3 Å². The molecule has 2 aliphatic heterocycles. The normalized spacial score (nSPS) is 24.0. The lowest BCUT2D eigenvalue weighted by molar-refractivity contribution is -0.120. The zero-order valence-corrected chi connectivity index (χ0v) is 18.3. The molecule has 0 radical (unpaired) electrons. The van der Waals surface area contributed by atoms with Crippen molar-refractivity contribution in [2.75, 3.05) is 23.9 Å². The van der Waals surface area contributed by atoms with Gasteiger partial charge in [0.25, 0.3) is 0 Å². The van der Waals surface area contributed by atoms with Crippen LogP contribution >= 0.6 is 0 Å². The number of rotatable bonds is 2. The van der Waals surface area contributed by atoms with Crippen molar-refractivity contribution in [3.63, 3.8) is 0 Å². The zero-order chi connectivity index (χ0) is 21.9. The molecule has 4 nitrogen and oxygen atoms in total. The first-order chi connectivity index (χ1) is 14.8. The predicted molar refractivity (Wildman–Crippen MR) is 126 cm³/mol. The molecule has 0 amide bonds. The Morgan fingerprint density at radius 1 is 1.00 bits per heavy atom. The first-order valence-electron chi connectivity index (χ1n) is 10.6. The summed E-state index contributed by atoms with van der Waals surface area (Å²) in [5.74, 6) is -0.485. The molecule has 0 bridgehead atoms. The molecule has 2 aromatic rings. The monoisotopic (exact) mass is 410 g/mol. The molecule has 1 unspecified atom stereocenters. The van der Waals surface area contributed by atoms with Crippen LogP contribution < -0.4 is 9.80 Å². The van der Waals surface area contributed by atoms with Crippen molar-refractivity contribution >= 4 is 22.7 Å². The van der Waals surface area contributed by atoms with E-state index in [2.05, 4.69) is 30.9 Å². The molecule has 31 heavy (non-hydrogen) atoms. The van der Waals surface area contributed by atoms with E-state index in [0.717, 1.165) is 28.2 Å². The number of allylic oxidation sites excluding steroid dienone is 6. The van der Waals surface area contributed by atoms with Crippen LogP contribution in [0.25, 0.3) is 5.57 Å². The number of likely N-dealkylation sites (N-methyl/N-ethyl adjacent to an activating group) is 1. The summed E-state index contributed by atoms with van der Waals surface area (Å²) in [5.41, 5.74) is 6.64. The third kappa shape index (κ3) is 2.78. The molecule has 1 aliphatic carbocycles. The Balaban J connectivity index is 1.51. The van der Waals surface area contributed by atoms with Gasteiger partial charge < -0.3 is 14.9 Å². The highest BCUT2D eigenvalue weighted by molar-refractivity contribution is 6.11. The predicted octanol–water partition coefficient (Wildman–Crippen LogP) is 5.36. The largest absolute Gasteiger partial charge is 0.510 e. The summed E-state index contributed by atoms with van der Waals surface area (Å²) in [7, 11) is 4.02. The van der Waals surface area contributed by atoms with E-state index in [9.17, 15) is 9.90 Å². The molecule has 5 rings (SSSR count). The minimum Gasteiger partial charge on any atom is -0.510 e. The number of para-hydroxylation sites is 2. The number of benzene rings is 2. The number of nitrogens with zero attached hydrogens (tertiary/aromatic N) is 2. The van der Waals surface area contributed by atoms with Crippen LogP contribution in [0.1, 0.15) is 25.0 Å². The lowest BCUT2D eigenvalue weighted by Gasteiger charge is -2.30. The summed E-state index contributed by atoms with van der Waals surface area (Å²) in [6.45, 7) is 4.32. The van der Waals surface area contributed by atoms with Crippen LogP contribution in [0.2, 0.25) is 0 Å². The Morgan fingerprint density at radius 3 is 2.39 bits per heavy atom. The fourth-order valence-electron chi connectivity index (χ4n) is 4.94. The van der Waals surface area contributed by atoms with Crippen molar-refractivity contribution in [1.29, 1.82) is 0 Å². The number of hydrogen-bond donors (Lipinski definition) is 1. The molecule has 2 heterocycles. The summed E-state index contributed by atoms with van der Waals surface area (Å²) in [6, 6.07) is 16.4. The second-order valence-corrected chi connectivity index (χ2v) is 8.94. The van der Waals surface area contributed by atoms with E-state index in [1.54, 1.807) is 0 Å². The van der Waals surface area contributed by atoms with Gasteiger partial charge in [0.15, 0.2) is 5.78 Å². The number of hydrogen-bond acceptors (Lipinski definition) is 4. The fourth-order valence-corrected chi connectivity index (χ4v) is 4.94. The van der Waals surface area contributed by atoms with Crippen LogP contribution in [0, 0.1) is 5.92 Å². The molecule has 2 aromatic carbocycles. The Bertz CT molecular complexity index is 1230. The van der Waals surface area contributed by atoms with Gasteiger partial charge in [0.05, 0.1) is 5.57 Å². The molecule has 0 saturated carbocycles. The lowest BCUT2D eigenvalue weighted by atomic mass is 9.77. The molecule has 0 saturated heterocycles. The number of Topliss-reactive ketones (excluding diaryl/α,β-unsaturated/α-hetero) is 1. The summed E-state index contributed by atoms with van der Waals surface area (Å²) in [4.78, 5) is 17.2. The van der Waals surface area contributed by atoms with Crippen LogP contribution in [0.5, 0.6) is 0 Å². The first-order valence-corrected chi connectivity index (χ1v) is 10.6. The second kappa shape index (κ2) is 6.74. The Kier molecular flexibility index (Phi) is 4.23. The maximum atomic E-state index is 13.0. The van der Waals surface area contributed by atoms with Gasteiger partial charge in [0.1, 0.15) is 11.7 Å². The summed E-state index contributed by atoms with van der Waals surface area (Å²) >= 11 is 0. The van der Waals surface area contributed by atoms with E-state index >= 15 is 0 Å². The smallest absolute Gasteiger partial charge is 0.180 e. The molecule has 0 aromatic heterocycles. The number of ketones is 1. The van der Waals surface area contributed by atoms with Crippen LogP contribution in [-0.2, 0) is 10.2 Å². The van der Waals surface area contributed by atoms with Gasteiger partial charge in [0, 0.05) is 48.3 Å². The standard InChI is InChI=1S/C27H26N2O2/c1-27(2)21-10-6-8-12-23(21)29(4)24(27)16-20-25(30)19(26(20)31)15-17-13-14-28(3)22-11-7-5-9-18(17)22/h5-16,20,30H,1-4H3/b17-15-,24-16+. The quantitative estimate of drug-likeness (QED) is 0.724. The average molecular weight is 411 g/mol. The van der Waals surface area contributed by atoms with Crippen LogP contribution in [-0.4, -0.2) is 25.0 Å². The molecule has 0 spiro atoms. The van der Waals surface area contributed by atoms with Crippen molar-refractivity contribution < 1.29 is 9.90 Å². The van der Waals surface area contributed by atoms with E-state index < -0.39 is 5.92 Å². The highest BCUT2D eigenvalue weighted by atomic mass is 16.3. The molecule has 4 heteroatoms. The first kappa shape index (κ1) is 19.4. The van der Waals surface area contributed by atoms with E-state index in [1.807, 2.05) is 79.8 Å². The lowest BCUT2D eigenvalue weighted by Crippen LogP contribution is -2.32. The van der Waals surface area contributed by atoms with Crippen molar-refractivity contribution in [3.8, 4) is 0 Å². The number of anilines is 2. The molecule has 1 N–H and O–H groups in total. The Labute approximate surface area is 183 Å². The van der Waals surface area contributed by atoms with Crippen molar-refractivity contribution in [1.82, 2.24) is 0 Å². The van der Waals surface area contributed by atoms with Gasteiger partial charge in [-0.2, -0.15) is 0 Å². The Morgan fingerprint density at radius 2 is 1.68 bits per heavy atom. The second-order valence-electron chi connectivity index (χ2n) is 8.94. The average Bonchev–Trinajstić information content (AvgIpc) is 2.97. The maximum absolute atomic E-state index is 13.0. The van der Waals surface area contributed by atoms with Crippen LogP contribution in [0.3, 0.4) is 0 Å². The van der Waals surface area contributed by atoms with E-state index in [1.165, 1.54) is 5.56 Å². The van der Waals surface area contributed by atoms with Gasteiger partial charge in [-0.3, -0.25) is 4.79 Å². The van der Waals surface area contributed by atoms with E-state index in [-0.39, 0.29) is 17.0 Å². The van der Waals surface area contributed by atoms with Crippen LogP contribution in [0.15, 0.2) is 90.0 Å². The van der Waals surface area contributed by atoms with Gasteiger partial charge in [0.2, 0.25) is 0 Å². The molecule has 1 atom stereocenters. The van der Waals surface area contributed by atoms with Gasteiger partial charge in [-0.1, -0.05) is 50.2 Å². The number of carbonyl (C=O) groups excluding carboxylic acids is 1. The van der Waals surface area contributed by atoms with E-state index in [0.29, 0.717) is 5.57 Å². The maximum Gasteiger partial charge on any atom is 0.180 e. The van der Waals surface area contributed by atoms with Crippen molar-refractivity contribution in [3.05, 3.63) is 101 Å². The van der Waals surface area contributed by atoms with E-state index in [4.69, 9.17) is 0 Å². The third-order valence-electron chi connectivity index (χ3n) is 6.76. The Hall–Kier alpha value is -3.53. The highest BCUT2D eigenvalue weighted by Crippen LogP contribution is 2.48. The minimum atomic E-state index is -0.594. The SMILES string of the molecule is CN1C=C/C(=C/C2=C(O)C(/C=C3/N(C)c4ccccc4C3(C)C)C2=O)c2ccccc21. The topological polar surface area (TPSA) is 43.8 Å². The number of aliphatic hydroxyl groups excluding tert-OH is 1.